The van der Waals surface area contributed by atoms with Gasteiger partial charge in [-0.25, -0.2) is 0 Å². The van der Waals surface area contributed by atoms with E-state index in [9.17, 15) is 10.2 Å². The maximum Gasteiger partial charge on any atom is 0.157 e. The lowest BCUT2D eigenvalue weighted by Gasteiger charge is -2.21. The first kappa shape index (κ1) is 15.9. The van der Waals surface area contributed by atoms with Crippen molar-refractivity contribution in [3.63, 3.8) is 0 Å². The van der Waals surface area contributed by atoms with Crippen LogP contribution in [0.3, 0.4) is 0 Å². The van der Waals surface area contributed by atoms with E-state index in [0.29, 0.717) is 11.8 Å². The Labute approximate surface area is 135 Å². The average molecular weight is 350 g/mol. The molecular formula is C17H20BrNO2. The Morgan fingerprint density at radius 2 is 1.67 bits per heavy atom. The highest BCUT2D eigenvalue weighted by molar-refractivity contribution is 8.93. The molecular weight excluding hydrogens is 330 g/mol. The van der Waals surface area contributed by atoms with Crippen molar-refractivity contribution in [2.45, 2.75) is 18.8 Å². The Balaban J connectivity index is 0.00000161. The number of nitrogens with one attached hydrogen (secondary N) is 1. The highest BCUT2D eigenvalue weighted by Crippen LogP contribution is 2.39. The van der Waals surface area contributed by atoms with Crippen LogP contribution in [0.4, 0.5) is 0 Å². The van der Waals surface area contributed by atoms with Gasteiger partial charge in [-0.3, -0.25) is 0 Å². The summed E-state index contributed by atoms with van der Waals surface area (Å²) in [5.41, 5.74) is 3.72. The molecule has 1 fully saturated rings. The number of phenols is 2. The number of rotatable bonds is 2. The molecule has 0 saturated carbocycles. The van der Waals surface area contributed by atoms with Gasteiger partial charge < -0.3 is 15.5 Å². The van der Waals surface area contributed by atoms with Crippen LogP contribution in [0, 0.1) is 6.92 Å². The maximum absolute atomic E-state index is 9.70. The van der Waals surface area contributed by atoms with Crippen molar-refractivity contribution in [3.05, 3.63) is 59.2 Å². The summed E-state index contributed by atoms with van der Waals surface area (Å²) in [4.78, 5) is 0. The molecule has 1 aliphatic rings. The zero-order valence-electron chi connectivity index (χ0n) is 11.9. The SMILES string of the molecule is Br.Cc1ccccc1[C@H]1CNC[C@@H]1c1ccc(O)c(O)c1. The second kappa shape index (κ2) is 6.50. The van der Waals surface area contributed by atoms with Crippen molar-refractivity contribution in [2.24, 2.45) is 0 Å². The number of hydrogen-bond acceptors (Lipinski definition) is 3. The molecule has 0 bridgehead atoms. The summed E-state index contributed by atoms with van der Waals surface area (Å²) in [5, 5.41) is 22.6. The summed E-state index contributed by atoms with van der Waals surface area (Å²) in [6.07, 6.45) is 0. The summed E-state index contributed by atoms with van der Waals surface area (Å²) in [6, 6.07) is 13.6. The van der Waals surface area contributed by atoms with Gasteiger partial charge in [0.25, 0.3) is 0 Å². The molecule has 21 heavy (non-hydrogen) atoms. The molecule has 0 amide bonds. The third-order valence-electron chi connectivity index (χ3n) is 4.23. The van der Waals surface area contributed by atoms with Gasteiger partial charge in [-0.15, -0.1) is 17.0 Å². The average Bonchev–Trinajstić information content (AvgIpc) is 2.91. The first-order valence-corrected chi connectivity index (χ1v) is 6.95. The maximum atomic E-state index is 9.70. The van der Waals surface area contributed by atoms with E-state index in [0.717, 1.165) is 18.7 Å². The van der Waals surface area contributed by atoms with E-state index in [4.69, 9.17) is 0 Å². The summed E-state index contributed by atoms with van der Waals surface area (Å²) in [5.74, 6) is 0.618. The van der Waals surface area contributed by atoms with E-state index in [1.54, 1.807) is 12.1 Å². The number of phenolic OH excluding ortho intramolecular Hbond substituents is 2. The largest absolute Gasteiger partial charge is 0.504 e. The highest BCUT2D eigenvalue weighted by Gasteiger charge is 2.30. The Morgan fingerprint density at radius 1 is 0.952 bits per heavy atom. The molecule has 4 heteroatoms. The van der Waals surface area contributed by atoms with Crippen molar-refractivity contribution in [2.75, 3.05) is 13.1 Å². The van der Waals surface area contributed by atoms with E-state index < -0.39 is 0 Å². The molecule has 0 spiro atoms. The first-order valence-electron chi connectivity index (χ1n) is 6.95. The molecule has 3 N–H and O–H groups in total. The van der Waals surface area contributed by atoms with Crippen LogP contribution in [0.25, 0.3) is 0 Å². The molecule has 1 aliphatic heterocycles. The molecule has 2 aromatic rings. The molecule has 3 nitrogen and oxygen atoms in total. The van der Waals surface area contributed by atoms with E-state index in [-0.39, 0.29) is 28.5 Å². The van der Waals surface area contributed by atoms with Gasteiger partial charge in [0.2, 0.25) is 0 Å². The van der Waals surface area contributed by atoms with Crippen LogP contribution >= 0.6 is 17.0 Å². The minimum Gasteiger partial charge on any atom is -0.504 e. The fraction of sp³-hybridized carbons (Fsp3) is 0.294. The summed E-state index contributed by atoms with van der Waals surface area (Å²) in [7, 11) is 0. The van der Waals surface area contributed by atoms with Crippen LogP contribution < -0.4 is 5.32 Å². The molecule has 2 aromatic carbocycles. The molecule has 0 unspecified atom stereocenters. The van der Waals surface area contributed by atoms with Gasteiger partial charge >= 0.3 is 0 Å². The second-order valence-electron chi connectivity index (χ2n) is 5.48. The molecule has 1 heterocycles. The smallest absolute Gasteiger partial charge is 0.157 e. The molecule has 0 radical (unpaired) electrons. The van der Waals surface area contributed by atoms with Crippen LogP contribution in [-0.2, 0) is 0 Å². The normalized spacial score (nSPS) is 21.0. The monoisotopic (exact) mass is 349 g/mol. The van der Waals surface area contributed by atoms with Crippen molar-refractivity contribution >= 4 is 17.0 Å². The van der Waals surface area contributed by atoms with Crippen molar-refractivity contribution < 1.29 is 10.2 Å². The van der Waals surface area contributed by atoms with E-state index in [1.807, 2.05) is 6.07 Å². The van der Waals surface area contributed by atoms with Crippen molar-refractivity contribution in [3.8, 4) is 11.5 Å². The Morgan fingerprint density at radius 3 is 2.38 bits per heavy atom. The number of aryl methyl sites for hydroxylation is 1. The Kier molecular flexibility index (Phi) is 4.91. The van der Waals surface area contributed by atoms with Crippen molar-refractivity contribution in [1.29, 1.82) is 0 Å². The fourth-order valence-corrected chi connectivity index (χ4v) is 3.13. The predicted octanol–water partition coefficient (Wildman–Crippen LogP) is 3.45. The number of benzene rings is 2. The molecule has 2 atom stereocenters. The number of halogens is 1. The van der Waals surface area contributed by atoms with Gasteiger partial charge in [-0.05, 0) is 35.7 Å². The summed E-state index contributed by atoms with van der Waals surface area (Å²) < 4.78 is 0. The molecule has 0 aliphatic carbocycles. The van der Waals surface area contributed by atoms with Crippen LogP contribution in [0.2, 0.25) is 0 Å². The highest BCUT2D eigenvalue weighted by atomic mass is 79.9. The minimum absolute atomic E-state index is 0. The van der Waals surface area contributed by atoms with Crippen LogP contribution in [0.1, 0.15) is 28.5 Å². The lowest BCUT2D eigenvalue weighted by molar-refractivity contribution is 0.402. The standard InChI is InChI=1S/C17H19NO2.BrH/c1-11-4-2-3-5-13(11)15-10-18-9-14(15)12-6-7-16(19)17(20)8-12;/h2-8,14-15,18-20H,9-10H2,1H3;1H/t14-,15-;/m1./s1. The summed E-state index contributed by atoms with van der Waals surface area (Å²) in [6.45, 7) is 3.97. The third kappa shape index (κ3) is 3.06. The van der Waals surface area contributed by atoms with Crippen LogP contribution in [0.15, 0.2) is 42.5 Å². The number of aromatic hydroxyl groups is 2. The van der Waals surface area contributed by atoms with Gasteiger partial charge in [0.05, 0.1) is 0 Å². The van der Waals surface area contributed by atoms with E-state index in [1.165, 1.54) is 11.1 Å². The topological polar surface area (TPSA) is 52.5 Å². The quantitative estimate of drug-likeness (QED) is 0.727. The second-order valence-corrected chi connectivity index (χ2v) is 5.48. The predicted molar refractivity (Wildman–Crippen MR) is 89.6 cm³/mol. The Hall–Kier alpha value is -1.52. The zero-order valence-corrected chi connectivity index (χ0v) is 13.6. The van der Waals surface area contributed by atoms with E-state index >= 15 is 0 Å². The Bertz CT molecular complexity index is 630. The van der Waals surface area contributed by atoms with Gasteiger partial charge in [0.15, 0.2) is 11.5 Å². The third-order valence-corrected chi connectivity index (χ3v) is 4.23. The van der Waals surface area contributed by atoms with Gasteiger partial charge in [-0.2, -0.15) is 0 Å². The molecule has 3 rings (SSSR count). The lowest BCUT2D eigenvalue weighted by atomic mass is 9.82. The molecule has 0 aromatic heterocycles. The molecule has 1 saturated heterocycles. The van der Waals surface area contributed by atoms with E-state index in [2.05, 4.69) is 36.5 Å². The lowest BCUT2D eigenvalue weighted by Crippen LogP contribution is -2.10. The fourth-order valence-electron chi connectivity index (χ4n) is 3.13. The zero-order chi connectivity index (χ0) is 14.1. The molecule has 112 valence electrons. The van der Waals surface area contributed by atoms with Crippen LogP contribution in [0.5, 0.6) is 11.5 Å². The first-order chi connectivity index (χ1) is 9.66. The number of hydrogen-bond donors (Lipinski definition) is 3. The van der Waals surface area contributed by atoms with Crippen LogP contribution in [-0.4, -0.2) is 23.3 Å². The summed E-state index contributed by atoms with van der Waals surface area (Å²) >= 11 is 0. The minimum atomic E-state index is -0.0628. The van der Waals surface area contributed by atoms with Crippen molar-refractivity contribution in [1.82, 2.24) is 5.32 Å². The van der Waals surface area contributed by atoms with Gasteiger partial charge in [0, 0.05) is 24.9 Å². The van der Waals surface area contributed by atoms with Gasteiger partial charge in [0.1, 0.15) is 0 Å². The van der Waals surface area contributed by atoms with Gasteiger partial charge in [-0.1, -0.05) is 30.3 Å².